The molecule has 1 atom stereocenters. The molecule has 0 aliphatic rings. The van der Waals surface area contributed by atoms with Crippen molar-refractivity contribution >= 4 is 29.2 Å². The van der Waals surface area contributed by atoms with Crippen LogP contribution in [0.15, 0.2) is 54.9 Å². The first-order chi connectivity index (χ1) is 12.5. The molecule has 0 spiro atoms. The number of hydrogen-bond donors (Lipinski definition) is 1. The Hall–Kier alpha value is -3.26. The van der Waals surface area contributed by atoms with E-state index in [2.05, 4.69) is 20.8 Å². The van der Waals surface area contributed by atoms with Gasteiger partial charge < -0.3 is 10.1 Å². The lowest BCUT2D eigenvalue weighted by molar-refractivity contribution is -0.123. The molecule has 0 saturated heterocycles. The second kappa shape index (κ2) is 7.75. The van der Waals surface area contributed by atoms with Gasteiger partial charge in [0.15, 0.2) is 6.10 Å². The number of ether oxygens (including phenoxy) is 1. The fraction of sp³-hybridized carbons (Fsp3) is 0.118. The van der Waals surface area contributed by atoms with Crippen molar-refractivity contribution in [2.75, 3.05) is 5.32 Å². The van der Waals surface area contributed by atoms with E-state index in [1.54, 1.807) is 48.5 Å². The summed E-state index contributed by atoms with van der Waals surface area (Å²) in [4.78, 5) is 24.3. The zero-order valence-electron chi connectivity index (χ0n) is 13.7. The smallest absolute Gasteiger partial charge is 0.338 e. The zero-order chi connectivity index (χ0) is 18.5. The number of tetrazole rings is 1. The Morgan fingerprint density at radius 1 is 1.12 bits per heavy atom. The second-order valence-corrected chi connectivity index (χ2v) is 5.78. The normalized spacial score (nSPS) is 11.6. The molecule has 1 N–H and O–H groups in total. The van der Waals surface area contributed by atoms with Crippen LogP contribution in [0.5, 0.6) is 0 Å². The molecule has 132 valence electrons. The van der Waals surface area contributed by atoms with Gasteiger partial charge in [-0.25, -0.2) is 9.48 Å². The summed E-state index contributed by atoms with van der Waals surface area (Å²) in [5.74, 6) is -1.04. The first kappa shape index (κ1) is 17.6. The van der Waals surface area contributed by atoms with Gasteiger partial charge in [-0.2, -0.15) is 0 Å². The average Bonchev–Trinajstić information content (AvgIpc) is 3.18. The summed E-state index contributed by atoms with van der Waals surface area (Å²) < 4.78 is 6.66. The molecule has 9 heteroatoms. The maximum atomic E-state index is 12.2. The number of carbonyl (C=O) groups excluding carboxylic acids is 2. The van der Waals surface area contributed by atoms with E-state index in [4.69, 9.17) is 16.3 Å². The summed E-state index contributed by atoms with van der Waals surface area (Å²) in [6, 6.07) is 13.1. The van der Waals surface area contributed by atoms with Crippen molar-refractivity contribution in [2.24, 2.45) is 0 Å². The molecule has 1 unspecified atom stereocenters. The molecule has 0 radical (unpaired) electrons. The van der Waals surface area contributed by atoms with Crippen LogP contribution in [-0.4, -0.2) is 38.2 Å². The number of amides is 1. The topological polar surface area (TPSA) is 99.0 Å². The van der Waals surface area contributed by atoms with E-state index in [0.717, 1.165) is 0 Å². The summed E-state index contributed by atoms with van der Waals surface area (Å²) in [5.41, 5.74) is 1.57. The summed E-state index contributed by atoms with van der Waals surface area (Å²) >= 11 is 5.80. The highest BCUT2D eigenvalue weighted by Crippen LogP contribution is 2.14. The van der Waals surface area contributed by atoms with Crippen molar-refractivity contribution in [1.82, 2.24) is 20.2 Å². The average molecular weight is 372 g/mol. The minimum Gasteiger partial charge on any atom is -0.449 e. The fourth-order valence-corrected chi connectivity index (χ4v) is 2.22. The number of rotatable bonds is 5. The highest BCUT2D eigenvalue weighted by molar-refractivity contribution is 6.30. The summed E-state index contributed by atoms with van der Waals surface area (Å²) in [7, 11) is 0. The minimum absolute atomic E-state index is 0.313. The van der Waals surface area contributed by atoms with Crippen LogP contribution in [0, 0.1) is 0 Å². The number of hydrogen-bond acceptors (Lipinski definition) is 6. The molecular formula is C17H14ClN5O3. The van der Waals surface area contributed by atoms with E-state index in [0.29, 0.717) is 22.0 Å². The van der Waals surface area contributed by atoms with Gasteiger partial charge in [-0.3, -0.25) is 4.79 Å². The minimum atomic E-state index is -0.961. The summed E-state index contributed by atoms with van der Waals surface area (Å²) in [5, 5.41) is 14.1. The number of aromatic nitrogens is 4. The molecular weight excluding hydrogens is 358 g/mol. The molecule has 0 aliphatic heterocycles. The van der Waals surface area contributed by atoms with Crippen LogP contribution in [0.2, 0.25) is 5.02 Å². The van der Waals surface area contributed by atoms with Gasteiger partial charge in [0.1, 0.15) is 6.33 Å². The summed E-state index contributed by atoms with van der Waals surface area (Å²) in [6.07, 6.45) is 0.480. The highest BCUT2D eigenvalue weighted by Gasteiger charge is 2.19. The first-order valence-corrected chi connectivity index (χ1v) is 8.01. The third kappa shape index (κ3) is 4.22. The lowest BCUT2D eigenvalue weighted by Crippen LogP contribution is -2.30. The van der Waals surface area contributed by atoms with Gasteiger partial charge in [0, 0.05) is 10.7 Å². The standard InChI is InChI=1S/C17H14ClN5O3/c1-11(16(24)20-14-6-4-13(18)5-7-14)26-17(25)12-2-8-15(9-3-12)23-10-19-21-22-23/h2-11H,1H3,(H,20,24). The Morgan fingerprint density at radius 3 is 2.42 bits per heavy atom. The van der Waals surface area contributed by atoms with Crippen molar-refractivity contribution in [2.45, 2.75) is 13.0 Å². The molecule has 0 aliphatic carbocycles. The molecule has 8 nitrogen and oxygen atoms in total. The Labute approximate surface area is 153 Å². The SMILES string of the molecule is CC(OC(=O)c1ccc(-n2cnnn2)cc1)C(=O)Nc1ccc(Cl)cc1. The largest absolute Gasteiger partial charge is 0.449 e. The molecule has 26 heavy (non-hydrogen) atoms. The third-order valence-electron chi connectivity index (χ3n) is 3.48. The molecule has 0 bridgehead atoms. The van der Waals surface area contributed by atoms with E-state index >= 15 is 0 Å². The Morgan fingerprint density at radius 2 is 1.81 bits per heavy atom. The van der Waals surface area contributed by atoms with Gasteiger partial charge in [-0.05, 0) is 65.9 Å². The first-order valence-electron chi connectivity index (χ1n) is 7.64. The van der Waals surface area contributed by atoms with Gasteiger partial charge in [0.25, 0.3) is 5.91 Å². The molecule has 3 aromatic rings. The number of anilines is 1. The van der Waals surface area contributed by atoms with Gasteiger partial charge >= 0.3 is 5.97 Å². The lowest BCUT2D eigenvalue weighted by Gasteiger charge is -2.13. The maximum Gasteiger partial charge on any atom is 0.338 e. The van der Waals surface area contributed by atoms with Crippen molar-refractivity contribution in [1.29, 1.82) is 0 Å². The van der Waals surface area contributed by atoms with E-state index in [-0.39, 0.29) is 0 Å². The maximum absolute atomic E-state index is 12.2. The van der Waals surface area contributed by atoms with Crippen LogP contribution in [0.3, 0.4) is 0 Å². The van der Waals surface area contributed by atoms with Crippen LogP contribution in [0.1, 0.15) is 17.3 Å². The Kier molecular flexibility index (Phi) is 5.23. The monoisotopic (exact) mass is 371 g/mol. The Bertz CT molecular complexity index is 895. The van der Waals surface area contributed by atoms with Crippen molar-refractivity contribution in [3.63, 3.8) is 0 Å². The number of esters is 1. The van der Waals surface area contributed by atoms with Crippen LogP contribution in [0.4, 0.5) is 5.69 Å². The van der Waals surface area contributed by atoms with Crippen LogP contribution >= 0.6 is 11.6 Å². The predicted molar refractivity (Wildman–Crippen MR) is 94.1 cm³/mol. The summed E-state index contributed by atoms with van der Waals surface area (Å²) in [6.45, 7) is 1.50. The third-order valence-corrected chi connectivity index (χ3v) is 3.73. The van der Waals surface area contributed by atoms with Crippen molar-refractivity contribution in [3.05, 3.63) is 65.4 Å². The Balaban J connectivity index is 1.59. The van der Waals surface area contributed by atoms with Crippen LogP contribution in [0.25, 0.3) is 5.69 Å². The lowest BCUT2D eigenvalue weighted by atomic mass is 10.2. The number of nitrogens with zero attached hydrogens (tertiary/aromatic N) is 4. The van der Waals surface area contributed by atoms with Gasteiger partial charge in [0.2, 0.25) is 0 Å². The molecule has 1 amide bonds. The van der Waals surface area contributed by atoms with Gasteiger partial charge in [0.05, 0.1) is 11.3 Å². The van der Waals surface area contributed by atoms with Crippen molar-refractivity contribution in [3.8, 4) is 5.69 Å². The molecule has 0 fully saturated rings. The molecule has 1 aromatic heterocycles. The van der Waals surface area contributed by atoms with Crippen LogP contribution < -0.4 is 5.32 Å². The molecule has 3 rings (SSSR count). The number of benzene rings is 2. The fourth-order valence-electron chi connectivity index (χ4n) is 2.09. The van der Waals surface area contributed by atoms with Crippen molar-refractivity contribution < 1.29 is 14.3 Å². The second-order valence-electron chi connectivity index (χ2n) is 5.34. The quantitative estimate of drug-likeness (QED) is 0.692. The van der Waals surface area contributed by atoms with Gasteiger partial charge in [-0.15, -0.1) is 5.10 Å². The zero-order valence-corrected chi connectivity index (χ0v) is 14.4. The number of nitrogens with one attached hydrogen (secondary N) is 1. The van der Waals surface area contributed by atoms with E-state index in [1.165, 1.54) is 17.9 Å². The number of halogens is 1. The van der Waals surface area contributed by atoms with E-state index in [1.807, 2.05) is 0 Å². The van der Waals surface area contributed by atoms with E-state index < -0.39 is 18.0 Å². The molecule has 2 aromatic carbocycles. The number of carbonyl (C=O) groups is 2. The van der Waals surface area contributed by atoms with E-state index in [9.17, 15) is 9.59 Å². The molecule has 1 heterocycles. The highest BCUT2D eigenvalue weighted by atomic mass is 35.5. The molecule has 0 saturated carbocycles. The van der Waals surface area contributed by atoms with Gasteiger partial charge in [-0.1, -0.05) is 11.6 Å². The van der Waals surface area contributed by atoms with Crippen LogP contribution in [-0.2, 0) is 9.53 Å². The predicted octanol–water partition coefficient (Wildman–Crippen LogP) is 2.50.